The summed E-state index contributed by atoms with van der Waals surface area (Å²) < 4.78 is 4.58. The van der Waals surface area contributed by atoms with Gasteiger partial charge in [0.05, 0.1) is 19.3 Å². The summed E-state index contributed by atoms with van der Waals surface area (Å²) in [6.07, 6.45) is -1.09. The highest BCUT2D eigenvalue weighted by Gasteiger charge is 2.33. The molecule has 1 aliphatic rings. The lowest BCUT2D eigenvalue weighted by atomic mass is 10.0. The Kier molecular flexibility index (Phi) is 2.84. The first kappa shape index (κ1) is 11.6. The highest BCUT2D eigenvalue weighted by atomic mass is 32.1. The number of ether oxygens (including phenoxy) is 1. The van der Waals surface area contributed by atoms with Crippen molar-refractivity contribution in [3.05, 3.63) is 15.8 Å². The Labute approximate surface area is 100 Å². The number of esters is 1. The van der Waals surface area contributed by atoms with Crippen molar-refractivity contribution >= 4 is 34.9 Å². The van der Waals surface area contributed by atoms with Crippen LogP contribution in [0.4, 0.5) is 10.5 Å². The molecule has 2 heterocycles. The largest absolute Gasteiger partial charge is 0.465 e. The zero-order chi connectivity index (χ0) is 12.6. The predicted molar refractivity (Wildman–Crippen MR) is 59.7 cm³/mol. The van der Waals surface area contributed by atoms with E-state index in [0.29, 0.717) is 5.56 Å². The predicted octanol–water partition coefficient (Wildman–Crippen LogP) is 1.14. The number of nitrogens with zero attached hydrogens (tertiary/aromatic N) is 1. The lowest BCUT2D eigenvalue weighted by Gasteiger charge is -2.24. The van der Waals surface area contributed by atoms with Gasteiger partial charge in [0.25, 0.3) is 0 Å². The lowest BCUT2D eigenvalue weighted by molar-refractivity contribution is -0.117. The summed E-state index contributed by atoms with van der Waals surface area (Å²) in [5, 5.41) is 10.6. The van der Waals surface area contributed by atoms with Gasteiger partial charge in [0.1, 0.15) is 4.88 Å². The summed E-state index contributed by atoms with van der Waals surface area (Å²) in [5.41, 5.74) is 0.850. The average Bonchev–Trinajstić information content (AvgIpc) is 2.70. The molecule has 0 fully saturated rings. The Balaban J connectivity index is 2.52. The van der Waals surface area contributed by atoms with Gasteiger partial charge >= 0.3 is 12.1 Å². The second-order valence-electron chi connectivity index (χ2n) is 3.51. The smallest absolute Gasteiger partial charge is 0.412 e. The Morgan fingerprint density at radius 2 is 2.24 bits per heavy atom. The van der Waals surface area contributed by atoms with E-state index in [-0.39, 0.29) is 29.3 Å². The van der Waals surface area contributed by atoms with Crippen LogP contribution in [0.15, 0.2) is 5.38 Å². The van der Waals surface area contributed by atoms with Crippen molar-refractivity contribution in [1.29, 1.82) is 0 Å². The molecule has 1 N–H and O–H groups in total. The zero-order valence-corrected chi connectivity index (χ0v) is 9.74. The normalized spacial score (nSPS) is 14.4. The molecule has 6 nitrogen and oxygen atoms in total. The van der Waals surface area contributed by atoms with Crippen molar-refractivity contribution in [2.45, 2.75) is 6.42 Å². The number of carbonyl (C=O) groups excluding carboxylic acids is 2. The standard InChI is InChI=1S/C10H9NO5S/c1-16-9(13)8-7-5(4-17-8)2-6(12)3-11(7)10(14)15/h4H,2-3H2,1H3,(H,14,15). The highest BCUT2D eigenvalue weighted by molar-refractivity contribution is 7.12. The molecular weight excluding hydrogens is 246 g/mol. The second-order valence-corrected chi connectivity index (χ2v) is 4.39. The van der Waals surface area contributed by atoms with Crippen LogP contribution < -0.4 is 4.90 Å². The van der Waals surface area contributed by atoms with Crippen molar-refractivity contribution < 1.29 is 24.2 Å². The third-order valence-electron chi connectivity index (χ3n) is 2.43. The van der Waals surface area contributed by atoms with Gasteiger partial charge in [0.15, 0.2) is 5.78 Å². The van der Waals surface area contributed by atoms with E-state index in [0.717, 1.165) is 16.2 Å². The molecule has 0 atom stereocenters. The van der Waals surface area contributed by atoms with Gasteiger partial charge in [-0.3, -0.25) is 9.69 Å². The van der Waals surface area contributed by atoms with Crippen LogP contribution in [-0.4, -0.2) is 36.6 Å². The fraction of sp³-hybridized carbons (Fsp3) is 0.300. The Morgan fingerprint density at radius 1 is 1.53 bits per heavy atom. The van der Waals surface area contributed by atoms with Crippen molar-refractivity contribution in [1.82, 2.24) is 0 Å². The van der Waals surface area contributed by atoms with E-state index < -0.39 is 12.1 Å². The van der Waals surface area contributed by atoms with Crippen LogP contribution in [-0.2, 0) is 16.0 Å². The molecule has 0 aromatic carbocycles. The van der Waals surface area contributed by atoms with Crippen molar-refractivity contribution in [2.75, 3.05) is 18.6 Å². The number of carboxylic acid groups (broad SMARTS) is 1. The number of thiophene rings is 1. The second kappa shape index (κ2) is 4.17. The van der Waals surface area contributed by atoms with Crippen LogP contribution in [0.3, 0.4) is 0 Å². The summed E-state index contributed by atoms with van der Waals surface area (Å²) in [4.78, 5) is 35.0. The summed E-state index contributed by atoms with van der Waals surface area (Å²) in [6, 6.07) is 0. The molecule has 2 rings (SSSR count). The van der Waals surface area contributed by atoms with Gasteiger partial charge < -0.3 is 9.84 Å². The van der Waals surface area contributed by atoms with E-state index in [4.69, 9.17) is 5.11 Å². The van der Waals surface area contributed by atoms with Crippen molar-refractivity contribution in [3.8, 4) is 0 Å². The fourth-order valence-electron chi connectivity index (χ4n) is 1.73. The molecule has 7 heteroatoms. The van der Waals surface area contributed by atoms with Crippen LogP contribution in [0.2, 0.25) is 0 Å². The Morgan fingerprint density at radius 3 is 2.82 bits per heavy atom. The Bertz CT molecular complexity index is 507. The number of hydrogen-bond acceptors (Lipinski definition) is 5. The third-order valence-corrected chi connectivity index (χ3v) is 3.43. The van der Waals surface area contributed by atoms with E-state index in [9.17, 15) is 14.4 Å². The summed E-state index contributed by atoms with van der Waals surface area (Å²) >= 11 is 1.09. The maximum absolute atomic E-state index is 11.5. The summed E-state index contributed by atoms with van der Waals surface area (Å²) in [5.74, 6) is -0.772. The van der Waals surface area contributed by atoms with Crippen molar-refractivity contribution in [2.24, 2.45) is 0 Å². The molecule has 0 saturated carbocycles. The van der Waals surface area contributed by atoms with Crippen LogP contribution in [0, 0.1) is 0 Å². The minimum Gasteiger partial charge on any atom is -0.465 e. The number of ketones is 1. The van der Waals surface area contributed by atoms with E-state index in [1.807, 2.05) is 0 Å². The Hall–Kier alpha value is -1.89. The molecule has 0 bridgehead atoms. The number of amides is 1. The number of anilines is 1. The molecule has 1 aromatic rings. The number of rotatable bonds is 1. The van der Waals surface area contributed by atoms with E-state index in [1.165, 1.54) is 7.11 Å². The zero-order valence-electron chi connectivity index (χ0n) is 8.93. The minimum absolute atomic E-state index is 0.159. The molecular formula is C10H9NO5S. The number of Topliss-reactive ketones (excluding diaryl/α,β-unsaturated/α-hetero) is 1. The van der Waals surface area contributed by atoms with Gasteiger partial charge in [0.2, 0.25) is 0 Å². The molecule has 0 unspecified atom stereocenters. The third kappa shape index (κ3) is 1.89. The van der Waals surface area contributed by atoms with Crippen LogP contribution in [0.25, 0.3) is 0 Å². The number of methoxy groups -OCH3 is 1. The van der Waals surface area contributed by atoms with Gasteiger partial charge in [-0.15, -0.1) is 11.3 Å². The molecule has 0 spiro atoms. The molecule has 1 amide bonds. The maximum atomic E-state index is 11.5. The van der Waals surface area contributed by atoms with Gasteiger partial charge in [-0.05, 0) is 10.9 Å². The molecule has 0 saturated heterocycles. The lowest BCUT2D eigenvalue weighted by Crippen LogP contribution is -2.39. The van der Waals surface area contributed by atoms with E-state index in [2.05, 4.69) is 4.74 Å². The van der Waals surface area contributed by atoms with Crippen LogP contribution in [0.5, 0.6) is 0 Å². The van der Waals surface area contributed by atoms with Gasteiger partial charge in [0, 0.05) is 6.42 Å². The topological polar surface area (TPSA) is 83.9 Å². The van der Waals surface area contributed by atoms with Crippen molar-refractivity contribution in [3.63, 3.8) is 0 Å². The molecule has 90 valence electrons. The molecule has 1 aliphatic heterocycles. The molecule has 0 aliphatic carbocycles. The van der Waals surface area contributed by atoms with Gasteiger partial charge in [-0.2, -0.15) is 0 Å². The van der Waals surface area contributed by atoms with E-state index in [1.54, 1.807) is 5.38 Å². The summed E-state index contributed by atoms with van der Waals surface area (Å²) in [7, 11) is 1.23. The van der Waals surface area contributed by atoms with E-state index >= 15 is 0 Å². The monoisotopic (exact) mass is 255 g/mol. The molecule has 0 radical (unpaired) electrons. The highest BCUT2D eigenvalue weighted by Crippen LogP contribution is 2.35. The number of fused-ring (bicyclic) bond motifs is 1. The SMILES string of the molecule is COC(=O)c1scc2c1N(C(=O)O)CC(=O)C2. The fourth-order valence-corrected chi connectivity index (χ4v) is 2.72. The first-order chi connectivity index (χ1) is 8.04. The number of hydrogen-bond donors (Lipinski definition) is 1. The first-order valence-corrected chi connectivity index (χ1v) is 5.63. The van der Waals surface area contributed by atoms with Crippen LogP contribution >= 0.6 is 11.3 Å². The first-order valence-electron chi connectivity index (χ1n) is 4.75. The minimum atomic E-state index is -1.25. The molecule has 1 aromatic heterocycles. The van der Waals surface area contributed by atoms with Crippen LogP contribution in [0.1, 0.15) is 15.2 Å². The van der Waals surface area contributed by atoms with Gasteiger partial charge in [-0.25, -0.2) is 9.59 Å². The summed E-state index contributed by atoms with van der Waals surface area (Å²) in [6.45, 7) is -0.219. The number of carbonyl (C=O) groups is 3. The van der Waals surface area contributed by atoms with Gasteiger partial charge in [-0.1, -0.05) is 0 Å². The maximum Gasteiger partial charge on any atom is 0.412 e. The quantitative estimate of drug-likeness (QED) is 0.761. The molecule has 17 heavy (non-hydrogen) atoms. The average molecular weight is 255 g/mol.